The van der Waals surface area contributed by atoms with Crippen LogP contribution < -0.4 is 20.3 Å². The Hall–Kier alpha value is -3.66. The van der Waals surface area contributed by atoms with Crippen molar-refractivity contribution in [3.05, 3.63) is 91.9 Å². The minimum Gasteiger partial charge on any atom is -0.481 e. The van der Waals surface area contributed by atoms with Crippen LogP contribution in [0.1, 0.15) is 11.1 Å². The Morgan fingerprint density at radius 2 is 1.65 bits per heavy atom. The number of barbiturate groups is 1. The molecule has 5 amide bonds. The summed E-state index contributed by atoms with van der Waals surface area (Å²) in [6.07, 6.45) is 1.27. The van der Waals surface area contributed by atoms with Crippen LogP contribution in [0.3, 0.4) is 0 Å². The number of ether oxygens (including phenoxy) is 1. The molecule has 1 aliphatic heterocycles. The Bertz CT molecular complexity index is 1420. The predicted molar refractivity (Wildman–Crippen MR) is 145 cm³/mol. The topological polar surface area (TPSA) is 105 Å². The summed E-state index contributed by atoms with van der Waals surface area (Å²) in [6, 6.07) is 15.7. The molecule has 0 aliphatic carbocycles. The van der Waals surface area contributed by atoms with Gasteiger partial charge in [-0.1, -0.05) is 56.8 Å². The van der Waals surface area contributed by atoms with E-state index in [-0.39, 0.29) is 33.7 Å². The molecule has 0 bridgehead atoms. The third-order valence-corrected chi connectivity index (χ3v) is 6.29. The van der Waals surface area contributed by atoms with Crippen LogP contribution in [0.4, 0.5) is 16.2 Å². The van der Waals surface area contributed by atoms with Gasteiger partial charge in [0.1, 0.15) is 5.57 Å². The highest BCUT2D eigenvalue weighted by Gasteiger charge is 2.36. The van der Waals surface area contributed by atoms with Gasteiger partial charge in [0.05, 0.1) is 15.7 Å². The van der Waals surface area contributed by atoms with Crippen molar-refractivity contribution in [3.8, 4) is 5.75 Å². The van der Waals surface area contributed by atoms with E-state index >= 15 is 0 Å². The van der Waals surface area contributed by atoms with Gasteiger partial charge in [0, 0.05) is 10.2 Å². The van der Waals surface area contributed by atoms with E-state index in [2.05, 4.69) is 26.6 Å². The van der Waals surface area contributed by atoms with Gasteiger partial charge in [-0.15, -0.1) is 0 Å². The van der Waals surface area contributed by atoms with Crippen molar-refractivity contribution in [3.63, 3.8) is 0 Å². The number of amides is 5. The molecule has 0 radical (unpaired) electrons. The third-order valence-electron chi connectivity index (χ3n) is 5.20. The van der Waals surface area contributed by atoms with Crippen LogP contribution in [0.25, 0.3) is 6.08 Å². The fraction of sp³-hybridized carbons (Fsp3) is 0.0769. The molecule has 0 spiro atoms. The number of urea groups is 1. The van der Waals surface area contributed by atoms with Crippen molar-refractivity contribution >= 4 is 80.3 Å². The Morgan fingerprint density at radius 1 is 1.03 bits per heavy atom. The maximum atomic E-state index is 13.0. The molecule has 3 aromatic rings. The van der Waals surface area contributed by atoms with Gasteiger partial charge in [-0.05, 0) is 67.1 Å². The number of nitrogens with zero attached hydrogens (tertiary/aromatic N) is 1. The quantitative estimate of drug-likeness (QED) is 0.276. The zero-order chi connectivity index (χ0) is 26.7. The standard InChI is InChI=1S/C26H18BrCl2N3O5/c1-14-2-6-17(7-3-14)30-22(33)13-37-23-20(28)11-15(12-21(23)29)10-19-24(34)31-26(36)32(25(19)35)18-8-4-16(27)5-9-18/h2-12H,13H2,1H3,(H,30,33)(H,31,34,36)/b19-10+. The number of aryl methyl sites for hydroxylation is 1. The molecule has 188 valence electrons. The lowest BCUT2D eigenvalue weighted by Gasteiger charge is -2.26. The van der Waals surface area contributed by atoms with Crippen LogP contribution in [0, 0.1) is 6.92 Å². The molecule has 0 saturated carbocycles. The summed E-state index contributed by atoms with van der Waals surface area (Å²) < 4.78 is 6.27. The molecule has 1 heterocycles. The highest BCUT2D eigenvalue weighted by molar-refractivity contribution is 9.10. The molecule has 37 heavy (non-hydrogen) atoms. The van der Waals surface area contributed by atoms with Gasteiger partial charge in [-0.2, -0.15) is 0 Å². The fourth-order valence-electron chi connectivity index (χ4n) is 3.42. The van der Waals surface area contributed by atoms with Crippen molar-refractivity contribution < 1.29 is 23.9 Å². The molecular formula is C26H18BrCl2N3O5. The summed E-state index contributed by atoms with van der Waals surface area (Å²) in [7, 11) is 0. The average Bonchev–Trinajstić information content (AvgIpc) is 2.84. The van der Waals surface area contributed by atoms with Crippen LogP contribution in [-0.2, 0) is 14.4 Å². The van der Waals surface area contributed by atoms with Crippen molar-refractivity contribution in [2.45, 2.75) is 6.92 Å². The molecule has 8 nitrogen and oxygen atoms in total. The van der Waals surface area contributed by atoms with Crippen LogP contribution in [-0.4, -0.2) is 30.4 Å². The minimum absolute atomic E-state index is 0.0620. The molecule has 0 atom stereocenters. The van der Waals surface area contributed by atoms with Gasteiger partial charge in [-0.3, -0.25) is 19.7 Å². The summed E-state index contributed by atoms with van der Waals surface area (Å²) >= 11 is 15.9. The first-order valence-corrected chi connectivity index (χ1v) is 12.3. The van der Waals surface area contributed by atoms with Crippen LogP contribution in [0.2, 0.25) is 10.0 Å². The maximum absolute atomic E-state index is 13.0. The molecular weight excluding hydrogens is 585 g/mol. The monoisotopic (exact) mass is 601 g/mol. The van der Waals surface area contributed by atoms with Gasteiger partial charge >= 0.3 is 6.03 Å². The number of carbonyl (C=O) groups excluding carboxylic acids is 4. The Kier molecular flexibility index (Phi) is 7.97. The largest absolute Gasteiger partial charge is 0.481 e. The lowest BCUT2D eigenvalue weighted by atomic mass is 10.1. The number of nitrogens with one attached hydrogen (secondary N) is 2. The highest BCUT2D eigenvalue weighted by atomic mass is 79.9. The first kappa shape index (κ1) is 26.4. The van der Waals surface area contributed by atoms with Gasteiger partial charge in [0.25, 0.3) is 17.7 Å². The van der Waals surface area contributed by atoms with E-state index in [0.29, 0.717) is 11.3 Å². The number of halogens is 3. The summed E-state index contributed by atoms with van der Waals surface area (Å²) in [4.78, 5) is 50.9. The van der Waals surface area contributed by atoms with E-state index in [1.54, 1.807) is 36.4 Å². The predicted octanol–water partition coefficient (Wildman–Crippen LogP) is 5.75. The second-order valence-corrected chi connectivity index (χ2v) is 9.68. The minimum atomic E-state index is -0.863. The van der Waals surface area contributed by atoms with Gasteiger partial charge < -0.3 is 10.1 Å². The highest BCUT2D eigenvalue weighted by Crippen LogP contribution is 2.35. The van der Waals surface area contributed by atoms with E-state index in [1.165, 1.54) is 18.2 Å². The zero-order valence-corrected chi connectivity index (χ0v) is 22.3. The normalized spacial score (nSPS) is 14.5. The summed E-state index contributed by atoms with van der Waals surface area (Å²) in [6.45, 7) is 1.59. The number of imide groups is 2. The van der Waals surface area contributed by atoms with Crippen LogP contribution in [0.5, 0.6) is 5.75 Å². The van der Waals surface area contributed by atoms with E-state index in [1.807, 2.05) is 19.1 Å². The fourth-order valence-corrected chi connectivity index (χ4v) is 4.30. The SMILES string of the molecule is Cc1ccc(NC(=O)COc2c(Cl)cc(/C=C3\C(=O)NC(=O)N(c4ccc(Br)cc4)C3=O)cc2Cl)cc1. The van der Waals surface area contributed by atoms with Crippen LogP contribution >= 0.6 is 39.1 Å². The zero-order valence-electron chi connectivity index (χ0n) is 19.2. The van der Waals surface area contributed by atoms with Gasteiger partial charge in [0.2, 0.25) is 0 Å². The number of hydrogen-bond acceptors (Lipinski definition) is 5. The van der Waals surface area contributed by atoms with E-state index in [4.69, 9.17) is 27.9 Å². The number of rotatable bonds is 6. The molecule has 1 aliphatic rings. The number of anilines is 2. The summed E-state index contributed by atoms with van der Waals surface area (Å²) in [5, 5.41) is 4.98. The average molecular weight is 603 g/mol. The Balaban J connectivity index is 1.51. The second kappa shape index (κ2) is 11.2. The van der Waals surface area contributed by atoms with E-state index in [9.17, 15) is 19.2 Å². The van der Waals surface area contributed by atoms with Crippen molar-refractivity contribution in [2.75, 3.05) is 16.8 Å². The number of benzene rings is 3. The summed E-state index contributed by atoms with van der Waals surface area (Å²) in [5.41, 5.74) is 1.98. The lowest BCUT2D eigenvalue weighted by molar-refractivity contribution is -0.122. The van der Waals surface area contributed by atoms with E-state index < -0.39 is 23.8 Å². The Morgan fingerprint density at radius 3 is 2.27 bits per heavy atom. The molecule has 11 heteroatoms. The summed E-state index contributed by atoms with van der Waals surface area (Å²) in [5.74, 6) is -2.01. The van der Waals surface area contributed by atoms with Crippen LogP contribution in [0.15, 0.2) is 70.7 Å². The van der Waals surface area contributed by atoms with Gasteiger partial charge in [-0.25, -0.2) is 9.69 Å². The molecule has 2 N–H and O–H groups in total. The van der Waals surface area contributed by atoms with E-state index in [0.717, 1.165) is 14.9 Å². The van der Waals surface area contributed by atoms with Crippen molar-refractivity contribution in [2.24, 2.45) is 0 Å². The van der Waals surface area contributed by atoms with Crippen molar-refractivity contribution in [1.29, 1.82) is 0 Å². The lowest BCUT2D eigenvalue weighted by Crippen LogP contribution is -2.54. The number of hydrogen-bond donors (Lipinski definition) is 2. The molecule has 1 fully saturated rings. The molecule has 4 rings (SSSR count). The van der Waals surface area contributed by atoms with Gasteiger partial charge in [0.15, 0.2) is 12.4 Å². The van der Waals surface area contributed by atoms with Crippen molar-refractivity contribution in [1.82, 2.24) is 5.32 Å². The number of carbonyl (C=O) groups is 4. The molecule has 0 aromatic heterocycles. The maximum Gasteiger partial charge on any atom is 0.335 e. The first-order chi connectivity index (χ1) is 17.6. The Labute approximate surface area is 230 Å². The first-order valence-electron chi connectivity index (χ1n) is 10.8. The molecule has 1 saturated heterocycles. The smallest absolute Gasteiger partial charge is 0.335 e. The molecule has 0 unspecified atom stereocenters. The third kappa shape index (κ3) is 6.19. The second-order valence-electron chi connectivity index (χ2n) is 7.95. The molecule has 3 aromatic carbocycles.